The van der Waals surface area contributed by atoms with E-state index in [2.05, 4.69) is 15.5 Å². The summed E-state index contributed by atoms with van der Waals surface area (Å²) in [7, 11) is -3.62. The van der Waals surface area contributed by atoms with E-state index in [1.54, 1.807) is 0 Å². The second-order valence-electron chi connectivity index (χ2n) is 7.87. The summed E-state index contributed by atoms with van der Waals surface area (Å²) in [6, 6.07) is 13.4. The van der Waals surface area contributed by atoms with E-state index in [-0.39, 0.29) is 16.5 Å². The number of amides is 1. The fourth-order valence-electron chi connectivity index (χ4n) is 3.20. The molecule has 1 amide bonds. The maximum absolute atomic E-state index is 13.1. The second kappa shape index (κ2) is 11.2. The van der Waals surface area contributed by atoms with Crippen LogP contribution in [-0.4, -0.2) is 41.9 Å². The number of rotatable bonds is 11. The Balaban J connectivity index is 1.70. The summed E-state index contributed by atoms with van der Waals surface area (Å²) in [5, 5.41) is 10.4. The Morgan fingerprint density at radius 3 is 2.12 bits per heavy atom. The standard InChI is InChI=1S/C24H30N4O4S/c1-4-6-16-28(17-7-5-2)33(30,31)21-14-12-19(13-15-21)22(29)25-24-27-26-23(32-24)20-10-8-18(3)9-11-20/h8-15H,4-7,16-17H2,1-3H3,(H,25,27,29). The smallest absolute Gasteiger partial charge is 0.322 e. The van der Waals surface area contributed by atoms with Crippen LogP contribution in [0.1, 0.15) is 55.5 Å². The number of aryl methyl sites for hydroxylation is 1. The topological polar surface area (TPSA) is 105 Å². The summed E-state index contributed by atoms with van der Waals surface area (Å²) in [6.07, 6.45) is 3.44. The van der Waals surface area contributed by atoms with Gasteiger partial charge in [-0.05, 0) is 56.2 Å². The lowest BCUT2D eigenvalue weighted by Crippen LogP contribution is -2.33. The lowest BCUT2D eigenvalue weighted by atomic mass is 10.1. The van der Waals surface area contributed by atoms with Crippen LogP contribution in [0.25, 0.3) is 11.5 Å². The first kappa shape index (κ1) is 24.6. The van der Waals surface area contributed by atoms with Gasteiger partial charge < -0.3 is 4.42 Å². The van der Waals surface area contributed by atoms with E-state index in [9.17, 15) is 13.2 Å². The third-order valence-corrected chi connectivity index (χ3v) is 7.13. The molecule has 3 aromatic rings. The van der Waals surface area contributed by atoms with Crippen molar-refractivity contribution < 1.29 is 17.6 Å². The Bertz CT molecular complexity index is 1150. The average Bonchev–Trinajstić information content (AvgIpc) is 3.28. The second-order valence-corrected chi connectivity index (χ2v) is 9.81. The molecule has 33 heavy (non-hydrogen) atoms. The number of aromatic nitrogens is 2. The lowest BCUT2D eigenvalue weighted by Gasteiger charge is -2.22. The fraction of sp³-hybridized carbons (Fsp3) is 0.375. The quantitative estimate of drug-likeness (QED) is 0.428. The molecule has 0 radical (unpaired) electrons. The highest BCUT2D eigenvalue weighted by molar-refractivity contribution is 7.89. The molecule has 1 N–H and O–H groups in total. The summed E-state index contributed by atoms with van der Waals surface area (Å²) in [4.78, 5) is 12.8. The predicted octanol–water partition coefficient (Wildman–Crippen LogP) is 4.89. The number of hydrogen-bond donors (Lipinski definition) is 1. The van der Waals surface area contributed by atoms with E-state index >= 15 is 0 Å². The van der Waals surface area contributed by atoms with E-state index in [1.165, 1.54) is 28.6 Å². The number of benzene rings is 2. The molecule has 8 nitrogen and oxygen atoms in total. The first-order valence-corrected chi connectivity index (χ1v) is 12.6. The molecule has 0 saturated carbocycles. The van der Waals surface area contributed by atoms with Crippen molar-refractivity contribution in [3.8, 4) is 11.5 Å². The minimum atomic E-state index is -3.62. The first-order chi connectivity index (χ1) is 15.8. The van der Waals surface area contributed by atoms with Crippen molar-refractivity contribution >= 4 is 21.9 Å². The Kier molecular flexibility index (Phi) is 8.35. The van der Waals surface area contributed by atoms with E-state index in [0.29, 0.717) is 19.0 Å². The molecule has 1 heterocycles. The minimum absolute atomic E-state index is 0.0300. The molecule has 0 saturated heterocycles. The van der Waals surface area contributed by atoms with Gasteiger partial charge in [0.15, 0.2) is 0 Å². The SMILES string of the molecule is CCCCN(CCCC)S(=O)(=O)c1ccc(C(=O)Nc2nnc(-c3ccc(C)cc3)o2)cc1. The molecule has 0 atom stereocenters. The summed E-state index contributed by atoms with van der Waals surface area (Å²) in [6.45, 7) is 7.02. The lowest BCUT2D eigenvalue weighted by molar-refractivity contribution is 0.102. The minimum Gasteiger partial charge on any atom is -0.403 e. The molecule has 3 rings (SSSR count). The van der Waals surface area contributed by atoms with E-state index in [1.807, 2.05) is 45.0 Å². The number of anilines is 1. The maximum Gasteiger partial charge on any atom is 0.322 e. The van der Waals surface area contributed by atoms with Gasteiger partial charge in [0.05, 0.1) is 4.90 Å². The van der Waals surface area contributed by atoms with E-state index in [4.69, 9.17) is 4.42 Å². The number of nitrogens with zero attached hydrogens (tertiary/aromatic N) is 3. The van der Waals surface area contributed by atoms with Crippen molar-refractivity contribution in [3.05, 3.63) is 59.7 Å². The molecule has 176 valence electrons. The molecule has 0 spiro atoms. The van der Waals surface area contributed by atoms with Crippen LogP contribution in [0, 0.1) is 6.92 Å². The molecule has 0 fully saturated rings. The number of hydrogen-bond acceptors (Lipinski definition) is 6. The van der Waals surface area contributed by atoms with Crippen molar-refractivity contribution in [2.24, 2.45) is 0 Å². The van der Waals surface area contributed by atoms with Gasteiger partial charge in [0.2, 0.25) is 15.9 Å². The molecule has 0 aliphatic rings. The van der Waals surface area contributed by atoms with Crippen molar-refractivity contribution in [2.45, 2.75) is 51.3 Å². The number of carbonyl (C=O) groups excluding carboxylic acids is 1. The zero-order valence-corrected chi connectivity index (χ0v) is 20.1. The molecule has 0 unspecified atom stereocenters. The van der Waals surface area contributed by atoms with Crippen LogP contribution in [0.2, 0.25) is 0 Å². The molecular weight excluding hydrogens is 440 g/mol. The highest BCUT2D eigenvalue weighted by atomic mass is 32.2. The number of carbonyl (C=O) groups is 1. The molecule has 0 bridgehead atoms. The van der Waals surface area contributed by atoms with Crippen LogP contribution in [0.4, 0.5) is 6.01 Å². The molecule has 1 aromatic heterocycles. The molecule has 0 aliphatic heterocycles. The Labute approximate surface area is 195 Å². The van der Waals surface area contributed by atoms with E-state index in [0.717, 1.165) is 36.8 Å². The third-order valence-electron chi connectivity index (χ3n) is 5.22. The largest absolute Gasteiger partial charge is 0.403 e. The van der Waals surface area contributed by atoms with Gasteiger partial charge in [0.25, 0.3) is 5.91 Å². The normalized spacial score (nSPS) is 11.6. The molecule has 0 aliphatic carbocycles. The summed E-state index contributed by atoms with van der Waals surface area (Å²) in [5.74, 6) is -0.169. The van der Waals surface area contributed by atoms with Crippen LogP contribution in [0.3, 0.4) is 0 Å². The Hall–Kier alpha value is -3.04. The van der Waals surface area contributed by atoms with Crippen molar-refractivity contribution in [2.75, 3.05) is 18.4 Å². The van der Waals surface area contributed by atoms with Gasteiger partial charge in [-0.25, -0.2) is 8.42 Å². The van der Waals surface area contributed by atoms with Gasteiger partial charge in [-0.1, -0.05) is 49.5 Å². The summed E-state index contributed by atoms with van der Waals surface area (Å²) < 4.78 is 33.2. The molecule has 9 heteroatoms. The van der Waals surface area contributed by atoms with Gasteiger partial charge in [0, 0.05) is 24.2 Å². The van der Waals surface area contributed by atoms with Crippen LogP contribution in [0.15, 0.2) is 57.8 Å². The zero-order chi connectivity index (χ0) is 23.8. The maximum atomic E-state index is 13.1. The molecule has 2 aromatic carbocycles. The highest BCUT2D eigenvalue weighted by Crippen LogP contribution is 2.21. The van der Waals surface area contributed by atoms with Gasteiger partial charge in [-0.3, -0.25) is 10.1 Å². The summed E-state index contributed by atoms with van der Waals surface area (Å²) >= 11 is 0. The van der Waals surface area contributed by atoms with Crippen LogP contribution in [0.5, 0.6) is 0 Å². The monoisotopic (exact) mass is 470 g/mol. The van der Waals surface area contributed by atoms with Gasteiger partial charge in [-0.2, -0.15) is 4.31 Å². The van der Waals surface area contributed by atoms with Crippen molar-refractivity contribution in [1.29, 1.82) is 0 Å². The van der Waals surface area contributed by atoms with Crippen LogP contribution in [-0.2, 0) is 10.0 Å². The zero-order valence-electron chi connectivity index (χ0n) is 19.2. The predicted molar refractivity (Wildman–Crippen MR) is 127 cm³/mol. The third kappa shape index (κ3) is 6.27. The van der Waals surface area contributed by atoms with Crippen molar-refractivity contribution in [3.63, 3.8) is 0 Å². The van der Waals surface area contributed by atoms with Gasteiger partial charge in [0.1, 0.15) is 0 Å². The first-order valence-electron chi connectivity index (χ1n) is 11.2. The van der Waals surface area contributed by atoms with E-state index < -0.39 is 15.9 Å². The van der Waals surface area contributed by atoms with Crippen LogP contribution >= 0.6 is 0 Å². The van der Waals surface area contributed by atoms with Crippen molar-refractivity contribution in [1.82, 2.24) is 14.5 Å². The Morgan fingerprint density at radius 2 is 1.55 bits per heavy atom. The van der Waals surface area contributed by atoms with Gasteiger partial charge in [-0.15, -0.1) is 5.10 Å². The summed E-state index contributed by atoms with van der Waals surface area (Å²) in [5.41, 5.74) is 2.15. The average molecular weight is 471 g/mol. The number of sulfonamides is 1. The van der Waals surface area contributed by atoms with Gasteiger partial charge >= 0.3 is 6.01 Å². The highest BCUT2D eigenvalue weighted by Gasteiger charge is 2.24. The Morgan fingerprint density at radius 1 is 0.939 bits per heavy atom. The fourth-order valence-corrected chi connectivity index (χ4v) is 4.72. The number of unbranched alkanes of at least 4 members (excludes halogenated alkanes) is 2. The van der Waals surface area contributed by atoms with Crippen LogP contribution < -0.4 is 5.32 Å². The molecular formula is C24H30N4O4S. The number of nitrogens with one attached hydrogen (secondary N) is 1.